The summed E-state index contributed by atoms with van der Waals surface area (Å²) in [5.74, 6) is 0.137. The SMILES string of the molecule is Cc1ccc2c(CC(=O)Oc3cccc4cccnc34)coc2c1. The van der Waals surface area contributed by atoms with Crippen LogP contribution in [0.3, 0.4) is 0 Å². The molecule has 4 aromatic rings. The monoisotopic (exact) mass is 317 g/mol. The van der Waals surface area contributed by atoms with Gasteiger partial charge in [-0.1, -0.05) is 30.3 Å². The summed E-state index contributed by atoms with van der Waals surface area (Å²) in [6.07, 6.45) is 3.46. The number of carbonyl (C=O) groups is 1. The van der Waals surface area contributed by atoms with Gasteiger partial charge in [0.25, 0.3) is 0 Å². The smallest absolute Gasteiger partial charge is 0.315 e. The molecule has 0 aliphatic rings. The highest BCUT2D eigenvalue weighted by molar-refractivity contribution is 5.89. The van der Waals surface area contributed by atoms with Gasteiger partial charge in [0.2, 0.25) is 0 Å². The average molecular weight is 317 g/mol. The van der Waals surface area contributed by atoms with Gasteiger partial charge < -0.3 is 9.15 Å². The molecule has 0 unspecified atom stereocenters. The first kappa shape index (κ1) is 14.5. The normalized spacial score (nSPS) is 11.0. The van der Waals surface area contributed by atoms with E-state index in [9.17, 15) is 4.79 Å². The molecule has 0 saturated carbocycles. The number of hydrogen-bond donors (Lipinski definition) is 0. The number of nitrogens with zero attached hydrogens (tertiary/aromatic N) is 1. The van der Waals surface area contributed by atoms with Crippen LogP contribution in [0, 0.1) is 6.92 Å². The van der Waals surface area contributed by atoms with Crippen LogP contribution >= 0.6 is 0 Å². The van der Waals surface area contributed by atoms with Crippen molar-refractivity contribution in [3.05, 3.63) is 72.1 Å². The van der Waals surface area contributed by atoms with Crippen molar-refractivity contribution < 1.29 is 13.9 Å². The highest BCUT2D eigenvalue weighted by Crippen LogP contribution is 2.25. The number of fused-ring (bicyclic) bond motifs is 2. The largest absolute Gasteiger partial charge is 0.464 e. The number of aryl methyl sites for hydroxylation is 1. The molecule has 0 amide bonds. The zero-order chi connectivity index (χ0) is 16.5. The number of ether oxygens (including phenoxy) is 1. The van der Waals surface area contributed by atoms with Gasteiger partial charge in [-0.2, -0.15) is 0 Å². The first-order chi connectivity index (χ1) is 11.7. The van der Waals surface area contributed by atoms with E-state index in [1.54, 1.807) is 18.5 Å². The molecule has 2 heterocycles. The number of benzene rings is 2. The summed E-state index contributed by atoms with van der Waals surface area (Å²) in [5, 5.41) is 1.88. The molecule has 0 saturated heterocycles. The number of para-hydroxylation sites is 1. The van der Waals surface area contributed by atoms with E-state index in [4.69, 9.17) is 9.15 Å². The Morgan fingerprint density at radius 2 is 2.04 bits per heavy atom. The van der Waals surface area contributed by atoms with E-state index in [1.165, 1.54) is 0 Å². The minimum Gasteiger partial charge on any atom is -0.464 e. The predicted octanol–water partition coefficient (Wildman–Crippen LogP) is 4.44. The van der Waals surface area contributed by atoms with Gasteiger partial charge in [0.15, 0.2) is 5.75 Å². The second-order valence-electron chi connectivity index (χ2n) is 5.74. The van der Waals surface area contributed by atoms with Crippen LogP contribution in [0.15, 0.2) is 65.4 Å². The standard InChI is InChI=1S/C20H15NO3/c1-13-7-8-16-15(12-23-18(16)10-13)11-19(22)24-17-6-2-4-14-5-3-9-21-20(14)17/h2-10,12H,11H2,1H3. The Bertz CT molecular complexity index is 1040. The minimum absolute atomic E-state index is 0.152. The number of esters is 1. The van der Waals surface area contributed by atoms with Crippen LogP contribution in [0.25, 0.3) is 21.9 Å². The molecule has 0 aliphatic heterocycles. The summed E-state index contributed by atoms with van der Waals surface area (Å²) < 4.78 is 11.1. The molecule has 0 fully saturated rings. The van der Waals surface area contributed by atoms with Crippen molar-refractivity contribution in [1.82, 2.24) is 4.98 Å². The van der Waals surface area contributed by atoms with Crippen molar-refractivity contribution in [3.8, 4) is 5.75 Å². The summed E-state index contributed by atoms with van der Waals surface area (Å²) in [6.45, 7) is 2.00. The van der Waals surface area contributed by atoms with E-state index in [0.29, 0.717) is 11.3 Å². The van der Waals surface area contributed by atoms with Crippen molar-refractivity contribution in [2.75, 3.05) is 0 Å². The zero-order valence-corrected chi connectivity index (χ0v) is 13.2. The van der Waals surface area contributed by atoms with Gasteiger partial charge >= 0.3 is 5.97 Å². The fraction of sp³-hybridized carbons (Fsp3) is 0.100. The summed E-state index contributed by atoms with van der Waals surface area (Å²) in [5.41, 5.74) is 3.40. The van der Waals surface area contributed by atoms with Gasteiger partial charge in [0.05, 0.1) is 12.7 Å². The maximum Gasteiger partial charge on any atom is 0.315 e. The first-order valence-corrected chi connectivity index (χ1v) is 7.72. The first-order valence-electron chi connectivity index (χ1n) is 7.72. The topological polar surface area (TPSA) is 52.3 Å². The minimum atomic E-state index is -0.337. The molecule has 2 aromatic carbocycles. The number of aromatic nitrogens is 1. The molecule has 4 heteroatoms. The van der Waals surface area contributed by atoms with Crippen LogP contribution in [0.2, 0.25) is 0 Å². The summed E-state index contributed by atoms with van der Waals surface area (Å²) in [7, 11) is 0. The molecular weight excluding hydrogens is 302 g/mol. The highest BCUT2D eigenvalue weighted by atomic mass is 16.5. The van der Waals surface area contributed by atoms with Crippen molar-refractivity contribution >= 4 is 27.8 Å². The van der Waals surface area contributed by atoms with Gasteiger partial charge in [-0.05, 0) is 30.7 Å². The van der Waals surface area contributed by atoms with Crippen molar-refractivity contribution in [1.29, 1.82) is 0 Å². The number of hydrogen-bond acceptors (Lipinski definition) is 4. The van der Waals surface area contributed by atoms with E-state index < -0.39 is 0 Å². The van der Waals surface area contributed by atoms with E-state index in [-0.39, 0.29) is 12.4 Å². The molecule has 0 atom stereocenters. The lowest BCUT2D eigenvalue weighted by Gasteiger charge is -2.06. The maximum absolute atomic E-state index is 12.3. The molecule has 118 valence electrons. The lowest BCUT2D eigenvalue weighted by molar-refractivity contribution is -0.133. The number of rotatable bonds is 3. The fourth-order valence-corrected chi connectivity index (χ4v) is 2.80. The average Bonchev–Trinajstić information content (AvgIpc) is 2.97. The fourth-order valence-electron chi connectivity index (χ4n) is 2.80. The summed E-state index contributed by atoms with van der Waals surface area (Å²) >= 11 is 0. The van der Waals surface area contributed by atoms with Crippen LogP contribution in [0.1, 0.15) is 11.1 Å². The lowest BCUT2D eigenvalue weighted by Crippen LogP contribution is -2.11. The van der Waals surface area contributed by atoms with Crippen molar-refractivity contribution in [3.63, 3.8) is 0 Å². The molecular formula is C20H15NO3. The zero-order valence-electron chi connectivity index (χ0n) is 13.2. The van der Waals surface area contributed by atoms with Gasteiger partial charge in [-0.25, -0.2) is 0 Å². The summed E-state index contributed by atoms with van der Waals surface area (Å²) in [4.78, 5) is 16.6. The third-order valence-corrected chi connectivity index (χ3v) is 3.97. The Kier molecular flexibility index (Phi) is 3.50. The second-order valence-corrected chi connectivity index (χ2v) is 5.74. The molecule has 0 N–H and O–H groups in total. The number of furan rings is 1. The molecule has 0 aliphatic carbocycles. The Morgan fingerprint density at radius 1 is 1.17 bits per heavy atom. The molecule has 2 aromatic heterocycles. The van der Waals surface area contributed by atoms with E-state index in [2.05, 4.69) is 4.98 Å². The highest BCUT2D eigenvalue weighted by Gasteiger charge is 2.14. The molecule has 24 heavy (non-hydrogen) atoms. The van der Waals surface area contributed by atoms with Crippen molar-refractivity contribution in [2.24, 2.45) is 0 Å². The van der Waals surface area contributed by atoms with Gasteiger partial charge in [-0.3, -0.25) is 9.78 Å². The van der Waals surface area contributed by atoms with Crippen LogP contribution < -0.4 is 4.74 Å². The predicted molar refractivity (Wildman–Crippen MR) is 92.0 cm³/mol. The Labute approximate surface area is 138 Å². The van der Waals surface area contributed by atoms with Crippen LogP contribution in [-0.4, -0.2) is 11.0 Å². The third kappa shape index (κ3) is 2.63. The lowest BCUT2D eigenvalue weighted by atomic mass is 10.1. The molecule has 4 rings (SSSR count). The molecule has 0 bridgehead atoms. The third-order valence-electron chi connectivity index (χ3n) is 3.97. The quantitative estimate of drug-likeness (QED) is 0.414. The van der Waals surface area contributed by atoms with Crippen molar-refractivity contribution in [2.45, 2.75) is 13.3 Å². The van der Waals surface area contributed by atoms with Gasteiger partial charge in [0, 0.05) is 22.5 Å². The van der Waals surface area contributed by atoms with Crippen LogP contribution in [0.5, 0.6) is 5.75 Å². The molecule has 0 spiro atoms. The second kappa shape index (κ2) is 5.81. The molecule has 0 radical (unpaired) electrons. The van der Waals surface area contributed by atoms with Gasteiger partial charge in [0.1, 0.15) is 11.1 Å². The Morgan fingerprint density at radius 3 is 2.96 bits per heavy atom. The Hall–Kier alpha value is -3.14. The number of pyridine rings is 1. The van der Waals surface area contributed by atoms with E-state index in [1.807, 2.05) is 49.4 Å². The summed E-state index contributed by atoms with van der Waals surface area (Å²) in [6, 6.07) is 15.3. The van der Waals surface area contributed by atoms with E-state index in [0.717, 1.165) is 27.5 Å². The van der Waals surface area contributed by atoms with E-state index >= 15 is 0 Å². The van der Waals surface area contributed by atoms with Crippen LogP contribution in [0.4, 0.5) is 0 Å². The van der Waals surface area contributed by atoms with Crippen LogP contribution in [-0.2, 0) is 11.2 Å². The Balaban J connectivity index is 1.60. The number of carbonyl (C=O) groups excluding carboxylic acids is 1. The van der Waals surface area contributed by atoms with Gasteiger partial charge in [-0.15, -0.1) is 0 Å². The molecule has 4 nitrogen and oxygen atoms in total. The maximum atomic E-state index is 12.3.